The Morgan fingerprint density at radius 3 is 1.16 bits per heavy atom. The third-order valence-corrected chi connectivity index (χ3v) is 8.61. The summed E-state index contributed by atoms with van der Waals surface area (Å²) in [4.78, 5) is 6.52. The summed E-state index contributed by atoms with van der Waals surface area (Å²) in [6.07, 6.45) is -29.5. The number of aromatic nitrogens is 4. The normalized spacial score (nSPS) is 13.3. The highest BCUT2D eigenvalue weighted by Crippen LogP contribution is 2.42. The van der Waals surface area contributed by atoms with Gasteiger partial charge in [0.15, 0.2) is 0 Å². The standard InChI is InChI=1S/2C17H8ClF9N2/c18-11-6-12-13(5-10(11)16(22,23)24)29(14(28-12)17(25,26)27)7-8-2-1-3-9(4-8)15(19,20)21;18-11-6-13-12(5-10(11)16(22,23)24)28-14(17(25,26)27)29(13)7-8-2-1-3-9(4-8)15(19,20)21/h2*1-6H,7H2. The molecule has 2 aromatic heterocycles. The molecule has 0 bridgehead atoms. The Labute approximate surface area is 321 Å². The Kier molecular flexibility index (Phi) is 11.5. The van der Waals surface area contributed by atoms with Gasteiger partial charge < -0.3 is 9.13 Å². The van der Waals surface area contributed by atoms with Gasteiger partial charge in [0.2, 0.25) is 11.6 Å². The second-order valence-electron chi connectivity index (χ2n) is 12.1. The van der Waals surface area contributed by atoms with Crippen LogP contribution in [-0.4, -0.2) is 19.1 Å². The minimum absolute atomic E-state index is 0.152. The first-order chi connectivity index (χ1) is 26.4. The van der Waals surface area contributed by atoms with Crippen molar-refractivity contribution < 1.29 is 79.0 Å². The number of hydrogen-bond acceptors (Lipinski definition) is 2. The number of halogens is 20. The van der Waals surface area contributed by atoms with Crippen LogP contribution in [0.25, 0.3) is 22.1 Å². The summed E-state index contributed by atoms with van der Waals surface area (Å²) in [5.41, 5.74) is -7.36. The maximum Gasteiger partial charge on any atom is 0.449 e. The van der Waals surface area contributed by atoms with Gasteiger partial charge in [0.25, 0.3) is 0 Å². The third kappa shape index (κ3) is 9.70. The first-order valence-electron chi connectivity index (χ1n) is 15.4. The summed E-state index contributed by atoms with van der Waals surface area (Å²) >= 11 is 11.1. The second-order valence-corrected chi connectivity index (χ2v) is 12.9. The molecule has 0 N–H and O–H groups in total. The zero-order valence-corrected chi connectivity index (χ0v) is 29.2. The molecule has 0 fully saturated rings. The molecule has 0 aliphatic carbocycles. The highest BCUT2D eigenvalue weighted by atomic mass is 35.5. The number of nitrogens with zero attached hydrogens (tertiary/aromatic N) is 4. The second kappa shape index (κ2) is 15.1. The van der Waals surface area contributed by atoms with Gasteiger partial charge >= 0.3 is 37.1 Å². The van der Waals surface area contributed by atoms with Crippen LogP contribution in [-0.2, 0) is 50.1 Å². The van der Waals surface area contributed by atoms with Gasteiger partial charge in [0.05, 0.1) is 54.4 Å². The lowest BCUT2D eigenvalue weighted by Crippen LogP contribution is -2.16. The van der Waals surface area contributed by atoms with Gasteiger partial charge in [-0.1, -0.05) is 47.5 Å². The molecule has 0 atom stereocenters. The van der Waals surface area contributed by atoms with E-state index >= 15 is 0 Å². The molecule has 6 rings (SSSR count). The number of imidazole rings is 2. The van der Waals surface area contributed by atoms with E-state index in [1.165, 1.54) is 0 Å². The maximum absolute atomic E-state index is 13.4. The zero-order valence-electron chi connectivity index (χ0n) is 27.7. The van der Waals surface area contributed by atoms with E-state index in [1.54, 1.807) is 0 Å². The Morgan fingerprint density at radius 2 is 0.776 bits per heavy atom. The lowest BCUT2D eigenvalue weighted by Gasteiger charge is -2.14. The van der Waals surface area contributed by atoms with Crippen molar-refractivity contribution in [2.75, 3.05) is 0 Å². The van der Waals surface area contributed by atoms with Crippen molar-refractivity contribution in [3.63, 3.8) is 0 Å². The van der Waals surface area contributed by atoms with Crippen molar-refractivity contribution in [3.05, 3.63) is 128 Å². The van der Waals surface area contributed by atoms with E-state index in [1.807, 2.05) is 0 Å². The molecular formula is C34H16Cl2F18N4. The molecule has 0 unspecified atom stereocenters. The largest absolute Gasteiger partial charge is 0.449 e. The van der Waals surface area contributed by atoms with Crippen LogP contribution >= 0.6 is 23.2 Å². The molecule has 0 amide bonds. The molecule has 2 heterocycles. The van der Waals surface area contributed by atoms with E-state index in [4.69, 9.17) is 23.2 Å². The summed E-state index contributed by atoms with van der Waals surface area (Å²) < 4.78 is 236. The topological polar surface area (TPSA) is 35.6 Å². The Balaban J connectivity index is 0.000000221. The van der Waals surface area contributed by atoms with Crippen LogP contribution in [0.5, 0.6) is 0 Å². The summed E-state index contributed by atoms with van der Waals surface area (Å²) in [5, 5.41) is -1.70. The van der Waals surface area contributed by atoms with Crippen molar-refractivity contribution in [1.29, 1.82) is 0 Å². The smallest absolute Gasteiger partial charge is 0.316 e. The van der Waals surface area contributed by atoms with Gasteiger partial charge in [-0.15, -0.1) is 0 Å². The monoisotopic (exact) mass is 892 g/mol. The average molecular weight is 893 g/mol. The van der Waals surface area contributed by atoms with Crippen LogP contribution in [0.3, 0.4) is 0 Å². The molecular weight excluding hydrogens is 877 g/mol. The van der Waals surface area contributed by atoms with Gasteiger partial charge in [-0.3, -0.25) is 0 Å². The van der Waals surface area contributed by atoms with E-state index in [9.17, 15) is 79.0 Å². The van der Waals surface area contributed by atoms with Crippen molar-refractivity contribution in [2.45, 2.75) is 50.1 Å². The van der Waals surface area contributed by atoms with Crippen LogP contribution in [0.15, 0.2) is 72.8 Å². The Morgan fingerprint density at radius 1 is 0.414 bits per heavy atom. The summed E-state index contributed by atoms with van der Waals surface area (Å²) in [5.74, 6) is -3.11. The summed E-state index contributed by atoms with van der Waals surface area (Å²) in [6.45, 7) is -1.49. The first kappa shape index (κ1) is 44.2. The molecule has 0 saturated heterocycles. The van der Waals surface area contributed by atoms with Crippen LogP contribution in [0.2, 0.25) is 10.0 Å². The Bertz CT molecular complexity index is 2450. The zero-order chi connectivity index (χ0) is 43.6. The fourth-order valence-corrected chi connectivity index (χ4v) is 6.07. The highest BCUT2D eigenvalue weighted by Gasteiger charge is 2.41. The quantitative estimate of drug-likeness (QED) is 0.165. The predicted molar refractivity (Wildman–Crippen MR) is 171 cm³/mol. The number of rotatable bonds is 4. The summed E-state index contributed by atoms with van der Waals surface area (Å²) in [7, 11) is 0. The fraction of sp³-hybridized carbons (Fsp3) is 0.235. The van der Waals surface area contributed by atoms with Crippen molar-refractivity contribution in [3.8, 4) is 0 Å². The van der Waals surface area contributed by atoms with Gasteiger partial charge in [-0.05, 0) is 59.7 Å². The van der Waals surface area contributed by atoms with E-state index < -0.39 is 116 Å². The van der Waals surface area contributed by atoms with Crippen molar-refractivity contribution >= 4 is 45.3 Å². The first-order valence-corrected chi connectivity index (χ1v) is 16.1. The van der Waals surface area contributed by atoms with E-state index in [-0.39, 0.29) is 11.1 Å². The molecule has 0 aliphatic rings. The lowest BCUT2D eigenvalue weighted by molar-refractivity contribution is -0.147. The van der Waals surface area contributed by atoms with Crippen LogP contribution < -0.4 is 0 Å². The molecule has 0 aliphatic heterocycles. The minimum atomic E-state index is -5.06. The average Bonchev–Trinajstić information content (AvgIpc) is 3.60. The molecule has 0 radical (unpaired) electrons. The molecule has 4 aromatic carbocycles. The molecule has 58 heavy (non-hydrogen) atoms. The SMILES string of the molecule is FC(F)(F)c1cccc(Cn2c(C(F)(F)F)nc3cc(C(F)(F)F)c(Cl)cc32)c1.FC(F)(F)c1cccc(Cn2c(C(F)(F)F)nc3cc(Cl)c(C(F)(F)F)cc32)c1. The number of benzene rings is 4. The van der Waals surface area contributed by atoms with Crippen LogP contribution in [0.4, 0.5) is 79.0 Å². The molecule has 0 saturated carbocycles. The van der Waals surface area contributed by atoms with Crippen LogP contribution in [0.1, 0.15) is 45.0 Å². The highest BCUT2D eigenvalue weighted by molar-refractivity contribution is 6.32. The van der Waals surface area contributed by atoms with Gasteiger partial charge in [-0.2, -0.15) is 79.0 Å². The van der Waals surface area contributed by atoms with Crippen molar-refractivity contribution in [2.24, 2.45) is 0 Å². The molecule has 24 heteroatoms. The van der Waals surface area contributed by atoms with Crippen LogP contribution in [0, 0.1) is 0 Å². The molecule has 312 valence electrons. The molecule has 0 spiro atoms. The number of hydrogen-bond donors (Lipinski definition) is 0. The lowest BCUT2D eigenvalue weighted by atomic mass is 10.1. The van der Waals surface area contributed by atoms with Gasteiger partial charge in [-0.25, -0.2) is 9.97 Å². The number of alkyl halides is 18. The van der Waals surface area contributed by atoms with E-state index in [0.717, 1.165) is 36.4 Å². The molecule has 4 nitrogen and oxygen atoms in total. The van der Waals surface area contributed by atoms with E-state index in [0.29, 0.717) is 45.5 Å². The van der Waals surface area contributed by atoms with Gasteiger partial charge in [0, 0.05) is 13.1 Å². The van der Waals surface area contributed by atoms with Gasteiger partial charge in [0.1, 0.15) is 0 Å². The minimum Gasteiger partial charge on any atom is -0.316 e. The van der Waals surface area contributed by atoms with Crippen molar-refractivity contribution in [1.82, 2.24) is 19.1 Å². The molecule has 6 aromatic rings. The van der Waals surface area contributed by atoms with E-state index in [2.05, 4.69) is 9.97 Å². The predicted octanol–water partition coefficient (Wildman–Crippen LogP) is 13.6. The maximum atomic E-state index is 13.4. The summed E-state index contributed by atoms with van der Waals surface area (Å²) in [6, 6.07) is 9.09. The third-order valence-electron chi connectivity index (χ3n) is 7.98. The fourth-order valence-electron chi connectivity index (χ4n) is 5.54. The number of fused-ring (bicyclic) bond motifs is 2. The Hall–Kier alpha value is -4.86.